The maximum atomic E-state index is 12.9. The molecule has 3 rings (SSSR count). The molecule has 134 valence electrons. The van der Waals surface area contributed by atoms with Crippen molar-refractivity contribution in [3.8, 4) is 0 Å². The van der Waals surface area contributed by atoms with E-state index in [-0.39, 0.29) is 17.1 Å². The van der Waals surface area contributed by atoms with Crippen molar-refractivity contribution in [3.63, 3.8) is 0 Å². The fraction of sp³-hybridized carbons (Fsp3) is 0.474. The first-order valence-electron chi connectivity index (χ1n) is 8.68. The molecule has 1 unspecified atom stereocenters. The fourth-order valence-corrected chi connectivity index (χ4v) is 3.92. The molecule has 0 aliphatic carbocycles. The van der Waals surface area contributed by atoms with Gasteiger partial charge in [-0.2, -0.15) is 0 Å². The lowest BCUT2D eigenvalue weighted by molar-refractivity contribution is -0.121. The van der Waals surface area contributed by atoms with Crippen molar-refractivity contribution in [2.75, 3.05) is 19.6 Å². The number of carbonyl (C=O) groups excluding carboxylic acids is 1. The summed E-state index contributed by atoms with van der Waals surface area (Å²) < 4.78 is 12.9. The maximum absolute atomic E-state index is 12.9. The lowest BCUT2D eigenvalue weighted by Crippen LogP contribution is -2.46. The molecule has 2 aromatic rings. The van der Waals surface area contributed by atoms with Gasteiger partial charge in [-0.15, -0.1) is 11.3 Å². The predicted octanol–water partition coefficient (Wildman–Crippen LogP) is 2.92. The van der Waals surface area contributed by atoms with Crippen LogP contribution in [-0.2, 0) is 17.6 Å². The first-order chi connectivity index (χ1) is 12.0. The van der Waals surface area contributed by atoms with Crippen LogP contribution in [0.25, 0.3) is 0 Å². The van der Waals surface area contributed by atoms with Gasteiger partial charge >= 0.3 is 0 Å². The number of benzene rings is 1. The number of aromatic nitrogens is 1. The topological polar surface area (TPSA) is 54.0 Å². The summed E-state index contributed by atoms with van der Waals surface area (Å²) in [6.45, 7) is 4.93. The summed E-state index contributed by atoms with van der Waals surface area (Å²) in [4.78, 5) is 16.7. The van der Waals surface area contributed by atoms with Crippen LogP contribution in [0.3, 0.4) is 0 Å². The van der Waals surface area contributed by atoms with E-state index < -0.39 is 0 Å². The number of carbonyl (C=O) groups is 1. The summed E-state index contributed by atoms with van der Waals surface area (Å²) in [6.07, 6.45) is 3.27. The van der Waals surface area contributed by atoms with Gasteiger partial charge in [-0.05, 0) is 42.5 Å². The number of amides is 1. The highest BCUT2D eigenvalue weighted by Gasteiger charge is 2.27. The van der Waals surface area contributed by atoms with Crippen molar-refractivity contribution in [1.82, 2.24) is 15.6 Å². The molecule has 0 radical (unpaired) electrons. The van der Waals surface area contributed by atoms with E-state index >= 15 is 0 Å². The van der Waals surface area contributed by atoms with E-state index in [4.69, 9.17) is 0 Å². The van der Waals surface area contributed by atoms with Crippen molar-refractivity contribution in [2.24, 2.45) is 5.41 Å². The predicted molar refractivity (Wildman–Crippen MR) is 98.2 cm³/mol. The Labute approximate surface area is 151 Å². The Balaban J connectivity index is 1.48. The van der Waals surface area contributed by atoms with E-state index in [2.05, 4.69) is 22.5 Å². The van der Waals surface area contributed by atoms with Gasteiger partial charge in [0.15, 0.2) is 0 Å². The molecular formula is C19H24FN3OS. The van der Waals surface area contributed by atoms with Crippen molar-refractivity contribution in [3.05, 3.63) is 51.7 Å². The van der Waals surface area contributed by atoms with E-state index in [1.54, 1.807) is 23.5 Å². The molecule has 0 saturated carbocycles. The van der Waals surface area contributed by atoms with E-state index in [0.717, 1.165) is 42.2 Å². The summed E-state index contributed by atoms with van der Waals surface area (Å²) in [5, 5.41) is 9.32. The molecule has 1 fully saturated rings. The second kappa shape index (κ2) is 8.06. The maximum Gasteiger partial charge on any atom is 0.226 e. The highest BCUT2D eigenvalue weighted by molar-refractivity contribution is 7.09. The quantitative estimate of drug-likeness (QED) is 0.832. The van der Waals surface area contributed by atoms with Crippen molar-refractivity contribution < 1.29 is 9.18 Å². The Morgan fingerprint density at radius 1 is 1.40 bits per heavy atom. The Morgan fingerprint density at radius 3 is 2.92 bits per heavy atom. The largest absolute Gasteiger partial charge is 0.355 e. The van der Waals surface area contributed by atoms with Crippen LogP contribution >= 0.6 is 11.3 Å². The van der Waals surface area contributed by atoms with Crippen LogP contribution in [0, 0.1) is 11.2 Å². The number of thiazole rings is 1. The lowest BCUT2D eigenvalue weighted by atomic mass is 9.83. The number of hydrogen-bond acceptors (Lipinski definition) is 4. The molecule has 1 atom stereocenters. The molecule has 1 saturated heterocycles. The molecule has 25 heavy (non-hydrogen) atoms. The van der Waals surface area contributed by atoms with Crippen molar-refractivity contribution >= 4 is 17.2 Å². The molecule has 6 heteroatoms. The Hall–Kier alpha value is -1.79. The molecule has 1 aliphatic heterocycles. The molecule has 4 nitrogen and oxygen atoms in total. The van der Waals surface area contributed by atoms with Crippen LogP contribution in [0.1, 0.15) is 36.0 Å². The molecule has 1 aromatic heterocycles. The average Bonchev–Trinajstić information content (AvgIpc) is 3.03. The number of hydrogen-bond donors (Lipinski definition) is 2. The lowest BCUT2D eigenvalue weighted by Gasteiger charge is -2.34. The Bertz CT molecular complexity index is 708. The van der Waals surface area contributed by atoms with Gasteiger partial charge < -0.3 is 10.6 Å². The number of piperidine rings is 1. The van der Waals surface area contributed by atoms with Crippen LogP contribution < -0.4 is 10.6 Å². The van der Waals surface area contributed by atoms with E-state index in [1.807, 2.05) is 5.38 Å². The second-order valence-electron chi connectivity index (χ2n) is 7.08. The monoisotopic (exact) mass is 361 g/mol. The highest BCUT2D eigenvalue weighted by atomic mass is 32.1. The highest BCUT2D eigenvalue weighted by Crippen LogP contribution is 2.24. The molecule has 2 N–H and O–H groups in total. The number of nitrogens with zero attached hydrogens (tertiary/aromatic N) is 1. The zero-order chi connectivity index (χ0) is 17.7. The van der Waals surface area contributed by atoms with Gasteiger partial charge in [0.1, 0.15) is 5.82 Å². The van der Waals surface area contributed by atoms with E-state index in [0.29, 0.717) is 19.4 Å². The summed E-state index contributed by atoms with van der Waals surface area (Å²) >= 11 is 1.54. The molecule has 1 aromatic carbocycles. The van der Waals surface area contributed by atoms with Gasteiger partial charge in [-0.3, -0.25) is 4.79 Å². The van der Waals surface area contributed by atoms with Crippen LogP contribution in [-0.4, -0.2) is 30.5 Å². The third kappa shape index (κ3) is 5.34. The smallest absolute Gasteiger partial charge is 0.226 e. The van der Waals surface area contributed by atoms with Crippen LogP contribution in [0.5, 0.6) is 0 Å². The summed E-state index contributed by atoms with van der Waals surface area (Å²) in [5.41, 5.74) is 1.96. The first-order valence-corrected chi connectivity index (χ1v) is 9.56. The Kier molecular flexibility index (Phi) is 5.81. The first kappa shape index (κ1) is 18.0. The van der Waals surface area contributed by atoms with Gasteiger partial charge in [0, 0.05) is 24.9 Å². The van der Waals surface area contributed by atoms with Crippen LogP contribution in [0.2, 0.25) is 0 Å². The summed E-state index contributed by atoms with van der Waals surface area (Å²) in [6, 6.07) is 6.44. The second-order valence-corrected chi connectivity index (χ2v) is 8.02. The minimum Gasteiger partial charge on any atom is -0.355 e. The van der Waals surface area contributed by atoms with Gasteiger partial charge in [0.25, 0.3) is 0 Å². The SMILES string of the molecule is CC1(CNC(=O)Cc2csc(Cc3ccc(F)cc3)n2)CCCNC1. The summed E-state index contributed by atoms with van der Waals surface area (Å²) in [5.74, 6) is -0.215. The van der Waals surface area contributed by atoms with Crippen molar-refractivity contribution in [1.29, 1.82) is 0 Å². The normalized spacial score (nSPS) is 20.4. The average molecular weight is 361 g/mol. The summed E-state index contributed by atoms with van der Waals surface area (Å²) in [7, 11) is 0. The fourth-order valence-electron chi connectivity index (χ4n) is 3.10. The molecule has 2 heterocycles. The molecule has 1 amide bonds. The van der Waals surface area contributed by atoms with Crippen molar-refractivity contribution in [2.45, 2.75) is 32.6 Å². The third-order valence-electron chi connectivity index (χ3n) is 4.61. The van der Waals surface area contributed by atoms with Gasteiger partial charge in [0.05, 0.1) is 17.1 Å². The minimum absolute atomic E-state index is 0.0189. The van der Waals surface area contributed by atoms with Gasteiger partial charge in [-0.25, -0.2) is 9.37 Å². The van der Waals surface area contributed by atoms with Gasteiger partial charge in [-0.1, -0.05) is 19.1 Å². The molecule has 0 spiro atoms. The van der Waals surface area contributed by atoms with Gasteiger partial charge in [0.2, 0.25) is 5.91 Å². The number of halogens is 1. The van der Waals surface area contributed by atoms with Crippen LogP contribution in [0.4, 0.5) is 4.39 Å². The number of nitrogens with one attached hydrogen (secondary N) is 2. The number of rotatable bonds is 6. The van der Waals surface area contributed by atoms with E-state index in [1.165, 1.54) is 12.1 Å². The minimum atomic E-state index is -0.234. The third-order valence-corrected chi connectivity index (χ3v) is 5.51. The standard InChI is InChI=1S/C19H24FN3OS/c1-19(7-2-8-21-12-19)13-22-17(24)10-16-11-25-18(23-16)9-14-3-5-15(20)6-4-14/h3-6,11,21H,2,7-10,12-13H2,1H3,(H,22,24). The zero-order valence-electron chi connectivity index (χ0n) is 14.5. The zero-order valence-corrected chi connectivity index (χ0v) is 15.3. The van der Waals surface area contributed by atoms with Crippen LogP contribution in [0.15, 0.2) is 29.6 Å². The Morgan fingerprint density at radius 2 is 2.20 bits per heavy atom. The molecular weight excluding hydrogens is 337 g/mol. The molecule has 1 aliphatic rings. The van der Waals surface area contributed by atoms with E-state index in [9.17, 15) is 9.18 Å². The molecule has 0 bridgehead atoms.